The van der Waals surface area contributed by atoms with E-state index in [1.54, 1.807) is 0 Å². The smallest absolute Gasteiger partial charge is 0.182 e. The van der Waals surface area contributed by atoms with Crippen LogP contribution in [0, 0.1) is 0 Å². The minimum absolute atomic E-state index is 0.338. The van der Waals surface area contributed by atoms with Gasteiger partial charge >= 0.3 is 0 Å². The Labute approximate surface area is 99.1 Å². The Balaban J connectivity index is 3.24. The Kier molecular flexibility index (Phi) is 9.10. The van der Waals surface area contributed by atoms with Crippen LogP contribution < -0.4 is 11.1 Å². The van der Waals surface area contributed by atoms with Crippen molar-refractivity contribution in [2.24, 2.45) is 5.73 Å². The fraction of sp³-hybridized carbons (Fsp3) is 1.00. The van der Waals surface area contributed by atoms with Crippen LogP contribution in [-0.4, -0.2) is 57.2 Å². The average molecular weight is 250 g/mol. The number of nitrogens with two attached hydrogens (primary N) is 1. The molecule has 0 aliphatic heterocycles. The first-order valence-corrected chi connectivity index (χ1v) is 9.00. The molecule has 0 spiro atoms. The van der Waals surface area contributed by atoms with Crippen molar-refractivity contribution in [2.45, 2.75) is 31.7 Å². The van der Waals surface area contributed by atoms with E-state index in [2.05, 4.69) is 5.32 Å². The zero-order valence-corrected chi connectivity index (χ0v) is 11.4. The monoisotopic (exact) mass is 250 g/mol. The summed E-state index contributed by atoms with van der Waals surface area (Å²) in [5.41, 5.74) is 5.30. The van der Waals surface area contributed by atoms with Crippen molar-refractivity contribution in [1.29, 1.82) is 0 Å². The Bertz CT molecular complexity index is 165. The number of nitrogens with one attached hydrogen (secondary N) is 1. The van der Waals surface area contributed by atoms with Gasteiger partial charge in [0.1, 0.15) is 0 Å². The van der Waals surface area contributed by atoms with Crippen molar-refractivity contribution in [1.82, 2.24) is 5.32 Å². The molecule has 0 aromatic heterocycles. The number of hydrogen-bond acceptors (Lipinski definition) is 5. The van der Waals surface area contributed by atoms with E-state index in [0.29, 0.717) is 32.8 Å². The van der Waals surface area contributed by atoms with Gasteiger partial charge in [-0.2, -0.15) is 0 Å². The van der Waals surface area contributed by atoms with Crippen molar-refractivity contribution in [3.8, 4) is 0 Å². The molecular formula is C10H26N2O3Si. The fourth-order valence-corrected chi connectivity index (χ4v) is 2.27. The van der Waals surface area contributed by atoms with Crippen LogP contribution in [0.25, 0.3) is 0 Å². The van der Waals surface area contributed by atoms with E-state index in [0.717, 1.165) is 12.5 Å². The summed E-state index contributed by atoms with van der Waals surface area (Å²) in [7, 11) is -1.93. The highest BCUT2D eigenvalue weighted by Gasteiger charge is 2.15. The lowest BCUT2D eigenvalue weighted by Gasteiger charge is -2.15. The Morgan fingerprint density at radius 1 is 1.44 bits per heavy atom. The van der Waals surface area contributed by atoms with E-state index in [-0.39, 0.29) is 0 Å². The van der Waals surface area contributed by atoms with Crippen LogP contribution in [0.3, 0.4) is 0 Å². The largest absolute Gasteiger partial charge is 0.432 e. The van der Waals surface area contributed by atoms with E-state index in [1.165, 1.54) is 0 Å². The highest BCUT2D eigenvalue weighted by molar-refractivity contribution is 6.69. The minimum atomic E-state index is -1.93. The minimum Gasteiger partial charge on any atom is -0.432 e. The zero-order valence-electron chi connectivity index (χ0n) is 10.4. The SMILES string of the molecule is C[Si](C)(O)CCCOCC(O)CNCCN. The third-order valence-electron chi connectivity index (χ3n) is 2.09. The van der Waals surface area contributed by atoms with Gasteiger partial charge in [0.15, 0.2) is 8.32 Å². The third kappa shape index (κ3) is 12.1. The normalized spacial score (nSPS) is 14.1. The predicted molar refractivity (Wildman–Crippen MR) is 67.9 cm³/mol. The quantitative estimate of drug-likeness (QED) is 0.310. The number of rotatable bonds is 10. The molecule has 0 saturated carbocycles. The average Bonchev–Trinajstić information content (AvgIpc) is 2.16. The lowest BCUT2D eigenvalue weighted by Crippen LogP contribution is -2.33. The van der Waals surface area contributed by atoms with E-state index in [9.17, 15) is 9.90 Å². The van der Waals surface area contributed by atoms with Gasteiger partial charge in [0, 0.05) is 26.2 Å². The third-order valence-corrected chi connectivity index (χ3v) is 3.67. The maximum Gasteiger partial charge on any atom is 0.182 e. The Morgan fingerprint density at radius 2 is 2.12 bits per heavy atom. The summed E-state index contributed by atoms with van der Waals surface area (Å²) in [6.07, 6.45) is 0.379. The maximum atomic E-state index is 9.58. The zero-order chi connectivity index (χ0) is 12.4. The molecule has 0 aliphatic carbocycles. The van der Waals surface area contributed by atoms with E-state index in [4.69, 9.17) is 10.5 Å². The van der Waals surface area contributed by atoms with Crippen molar-refractivity contribution in [2.75, 3.05) is 32.8 Å². The summed E-state index contributed by atoms with van der Waals surface area (Å²) < 4.78 is 5.31. The molecule has 6 heteroatoms. The highest BCUT2D eigenvalue weighted by atomic mass is 28.4. The van der Waals surface area contributed by atoms with Gasteiger partial charge in [-0.3, -0.25) is 0 Å². The molecular weight excluding hydrogens is 224 g/mol. The summed E-state index contributed by atoms with van der Waals surface area (Å²) in [5, 5.41) is 12.5. The number of ether oxygens (including phenoxy) is 1. The summed E-state index contributed by atoms with van der Waals surface area (Å²) in [6.45, 7) is 6.57. The van der Waals surface area contributed by atoms with Crippen LogP contribution in [0.4, 0.5) is 0 Å². The first-order chi connectivity index (χ1) is 7.45. The van der Waals surface area contributed by atoms with Crippen LogP contribution in [-0.2, 0) is 4.74 Å². The molecule has 0 bridgehead atoms. The first kappa shape index (κ1) is 16.0. The Hall–Kier alpha value is 0.0169. The number of aliphatic hydroxyl groups is 1. The van der Waals surface area contributed by atoms with Crippen molar-refractivity contribution in [3.05, 3.63) is 0 Å². The first-order valence-electron chi connectivity index (χ1n) is 5.84. The van der Waals surface area contributed by atoms with Crippen molar-refractivity contribution in [3.63, 3.8) is 0 Å². The fourth-order valence-electron chi connectivity index (χ4n) is 1.26. The molecule has 0 aromatic rings. The van der Waals surface area contributed by atoms with Crippen LogP contribution in [0.2, 0.25) is 19.1 Å². The number of hydrogen-bond donors (Lipinski definition) is 4. The maximum absolute atomic E-state index is 9.58. The molecule has 1 unspecified atom stereocenters. The molecule has 98 valence electrons. The van der Waals surface area contributed by atoms with E-state index in [1.807, 2.05) is 13.1 Å². The van der Waals surface area contributed by atoms with E-state index < -0.39 is 14.4 Å². The molecule has 1 atom stereocenters. The van der Waals surface area contributed by atoms with Crippen LogP contribution in [0.15, 0.2) is 0 Å². The Morgan fingerprint density at radius 3 is 2.69 bits per heavy atom. The summed E-state index contributed by atoms with van der Waals surface area (Å²) in [4.78, 5) is 9.58. The molecule has 16 heavy (non-hydrogen) atoms. The van der Waals surface area contributed by atoms with Crippen molar-refractivity contribution >= 4 is 8.32 Å². The van der Waals surface area contributed by atoms with Gasteiger partial charge in [0.25, 0.3) is 0 Å². The summed E-state index contributed by atoms with van der Waals surface area (Å²) in [5.74, 6) is 0. The van der Waals surface area contributed by atoms with E-state index >= 15 is 0 Å². The second kappa shape index (κ2) is 9.09. The topological polar surface area (TPSA) is 87.7 Å². The predicted octanol–water partition coefficient (Wildman–Crippen LogP) is -0.500. The van der Waals surface area contributed by atoms with Gasteiger partial charge in [-0.05, 0) is 25.6 Å². The molecule has 5 N–H and O–H groups in total. The summed E-state index contributed by atoms with van der Waals surface area (Å²) >= 11 is 0. The molecule has 0 saturated heterocycles. The molecule has 0 aromatic carbocycles. The van der Waals surface area contributed by atoms with Gasteiger partial charge in [0.05, 0.1) is 12.7 Å². The van der Waals surface area contributed by atoms with Crippen LogP contribution in [0.1, 0.15) is 6.42 Å². The van der Waals surface area contributed by atoms with Gasteiger partial charge in [0.2, 0.25) is 0 Å². The second-order valence-corrected chi connectivity index (χ2v) is 8.76. The van der Waals surface area contributed by atoms with Gasteiger partial charge in [-0.15, -0.1) is 0 Å². The summed E-state index contributed by atoms with van der Waals surface area (Å²) in [6, 6.07) is 0.842. The van der Waals surface area contributed by atoms with Crippen LogP contribution >= 0.6 is 0 Å². The number of aliphatic hydroxyl groups excluding tert-OH is 1. The standard InChI is InChI=1S/C10H26N2O3Si/c1-16(2,14)7-3-6-15-9-10(13)8-12-5-4-11/h10,12-14H,3-9,11H2,1-2H3. The molecule has 0 aliphatic rings. The molecule has 0 heterocycles. The molecule has 0 fully saturated rings. The lowest BCUT2D eigenvalue weighted by atomic mass is 10.3. The molecule has 5 nitrogen and oxygen atoms in total. The van der Waals surface area contributed by atoms with Crippen molar-refractivity contribution < 1.29 is 14.6 Å². The molecule has 0 amide bonds. The van der Waals surface area contributed by atoms with Gasteiger partial charge in [-0.25, -0.2) is 0 Å². The highest BCUT2D eigenvalue weighted by Crippen LogP contribution is 2.07. The lowest BCUT2D eigenvalue weighted by molar-refractivity contribution is 0.0373. The van der Waals surface area contributed by atoms with Gasteiger partial charge in [-0.1, -0.05) is 0 Å². The second-order valence-electron chi connectivity index (χ2n) is 4.64. The molecule has 0 radical (unpaired) electrons. The van der Waals surface area contributed by atoms with Crippen LogP contribution in [0.5, 0.6) is 0 Å². The molecule has 0 rings (SSSR count). The van der Waals surface area contributed by atoms with Gasteiger partial charge < -0.3 is 25.7 Å².